The Morgan fingerprint density at radius 3 is 2.38 bits per heavy atom. The third-order valence-electron chi connectivity index (χ3n) is 3.41. The highest BCUT2D eigenvalue weighted by molar-refractivity contribution is 7.92. The standard InChI is InChI=1S/C18H16Cl2O8S/c1-2-25-16(21)11-26-14-9-8-12(19)10-15(14)27-18(17(22)28-20)29(23,24)13-6-4-3-5-7-13/h3-10,18H,2,11H2,1H3. The SMILES string of the molecule is CCOC(=O)COc1ccc(Cl)cc1OC(C(=O)OCl)S(=O)(=O)c1ccccc1. The van der Waals surface area contributed by atoms with E-state index in [1.54, 1.807) is 13.0 Å². The van der Waals surface area contributed by atoms with Gasteiger partial charge in [-0.15, -0.1) is 0 Å². The van der Waals surface area contributed by atoms with Crippen molar-refractivity contribution in [3.05, 3.63) is 53.6 Å². The molecule has 0 saturated carbocycles. The van der Waals surface area contributed by atoms with Crippen LogP contribution in [-0.4, -0.2) is 39.0 Å². The van der Waals surface area contributed by atoms with Gasteiger partial charge in [-0.1, -0.05) is 29.8 Å². The normalized spacial score (nSPS) is 12.0. The molecular weight excluding hydrogens is 447 g/mol. The number of hydrogen-bond acceptors (Lipinski definition) is 8. The van der Waals surface area contributed by atoms with Crippen LogP contribution in [0.25, 0.3) is 0 Å². The largest absolute Gasteiger partial charge is 0.478 e. The summed E-state index contributed by atoms with van der Waals surface area (Å²) in [5.74, 6) is -2.28. The van der Waals surface area contributed by atoms with E-state index in [1.165, 1.54) is 42.5 Å². The minimum Gasteiger partial charge on any atom is -0.478 e. The molecular formula is C18H16Cl2O8S. The first-order valence-electron chi connectivity index (χ1n) is 8.15. The van der Waals surface area contributed by atoms with Crippen molar-refractivity contribution in [2.45, 2.75) is 17.3 Å². The molecule has 29 heavy (non-hydrogen) atoms. The first-order valence-corrected chi connectivity index (χ1v) is 10.4. The average molecular weight is 463 g/mol. The fourth-order valence-electron chi connectivity index (χ4n) is 2.16. The number of hydrogen-bond donors (Lipinski definition) is 0. The Morgan fingerprint density at radius 1 is 1.07 bits per heavy atom. The lowest BCUT2D eigenvalue weighted by Crippen LogP contribution is -2.36. The lowest BCUT2D eigenvalue weighted by molar-refractivity contribution is -0.145. The summed E-state index contributed by atoms with van der Waals surface area (Å²) in [5.41, 5.74) is -2.15. The van der Waals surface area contributed by atoms with Crippen LogP contribution >= 0.6 is 23.5 Å². The van der Waals surface area contributed by atoms with Crippen LogP contribution in [0.5, 0.6) is 11.5 Å². The van der Waals surface area contributed by atoms with Gasteiger partial charge in [0.05, 0.1) is 11.5 Å². The number of carbonyl (C=O) groups excluding carboxylic acids is 2. The van der Waals surface area contributed by atoms with Gasteiger partial charge in [-0.05, 0) is 31.2 Å². The third kappa shape index (κ3) is 5.99. The summed E-state index contributed by atoms with van der Waals surface area (Å²) in [6.07, 6.45) is 0. The minimum absolute atomic E-state index is 0.0434. The van der Waals surface area contributed by atoms with Gasteiger partial charge < -0.3 is 18.5 Å². The predicted molar refractivity (Wildman–Crippen MR) is 104 cm³/mol. The van der Waals surface area contributed by atoms with Crippen LogP contribution in [0.2, 0.25) is 5.02 Å². The molecule has 2 aromatic rings. The molecule has 0 heterocycles. The van der Waals surface area contributed by atoms with Crippen molar-refractivity contribution in [2.24, 2.45) is 0 Å². The van der Waals surface area contributed by atoms with Crippen molar-refractivity contribution in [3.63, 3.8) is 0 Å². The number of carbonyl (C=O) groups is 2. The molecule has 1 unspecified atom stereocenters. The lowest BCUT2D eigenvalue weighted by Gasteiger charge is -2.19. The van der Waals surface area contributed by atoms with Crippen LogP contribution in [0.4, 0.5) is 0 Å². The van der Waals surface area contributed by atoms with E-state index in [2.05, 4.69) is 4.29 Å². The molecule has 0 radical (unpaired) electrons. The highest BCUT2D eigenvalue weighted by atomic mass is 35.5. The molecule has 2 aromatic carbocycles. The molecule has 0 spiro atoms. The van der Waals surface area contributed by atoms with E-state index in [0.29, 0.717) is 0 Å². The monoisotopic (exact) mass is 462 g/mol. The number of rotatable bonds is 9. The number of sulfone groups is 1. The van der Waals surface area contributed by atoms with Crippen LogP contribution in [0.3, 0.4) is 0 Å². The highest BCUT2D eigenvalue weighted by Gasteiger charge is 2.38. The number of ether oxygens (including phenoxy) is 3. The third-order valence-corrected chi connectivity index (χ3v) is 5.58. The van der Waals surface area contributed by atoms with Crippen molar-refractivity contribution < 1.29 is 36.5 Å². The molecule has 0 saturated heterocycles. The molecule has 0 aromatic heterocycles. The summed E-state index contributed by atoms with van der Waals surface area (Å²) in [6, 6.07) is 11.1. The molecule has 0 N–H and O–H groups in total. The van der Waals surface area contributed by atoms with Crippen molar-refractivity contribution in [2.75, 3.05) is 13.2 Å². The van der Waals surface area contributed by atoms with E-state index >= 15 is 0 Å². The predicted octanol–water partition coefficient (Wildman–Crippen LogP) is 3.16. The Hall–Kier alpha value is -2.49. The second kappa shape index (κ2) is 10.3. The van der Waals surface area contributed by atoms with Gasteiger partial charge in [0.1, 0.15) is 11.9 Å². The maximum absolute atomic E-state index is 12.9. The fraction of sp³-hybridized carbons (Fsp3) is 0.222. The first kappa shape index (κ1) is 22.8. The van der Waals surface area contributed by atoms with E-state index in [1.807, 2.05) is 0 Å². The zero-order valence-electron chi connectivity index (χ0n) is 15.0. The second-order valence-corrected chi connectivity index (χ2v) is 7.97. The Labute approximate surface area is 177 Å². The quantitative estimate of drug-likeness (QED) is 0.523. The Balaban J connectivity index is 2.37. The van der Waals surface area contributed by atoms with E-state index in [0.717, 1.165) is 0 Å². The van der Waals surface area contributed by atoms with E-state index in [4.69, 9.17) is 37.7 Å². The number of benzene rings is 2. The molecule has 0 amide bonds. The van der Waals surface area contributed by atoms with Crippen LogP contribution < -0.4 is 9.47 Å². The van der Waals surface area contributed by atoms with Gasteiger partial charge in [-0.25, -0.2) is 18.0 Å². The molecule has 11 heteroatoms. The molecule has 0 aliphatic carbocycles. The van der Waals surface area contributed by atoms with Gasteiger partial charge in [-0.3, -0.25) is 0 Å². The van der Waals surface area contributed by atoms with Crippen molar-refractivity contribution >= 4 is 45.2 Å². The topological polar surface area (TPSA) is 105 Å². The molecule has 0 fully saturated rings. The Kier molecular flexibility index (Phi) is 8.12. The first-order chi connectivity index (χ1) is 13.8. The number of esters is 1. The summed E-state index contributed by atoms with van der Waals surface area (Å²) < 4.78 is 45.2. The van der Waals surface area contributed by atoms with Gasteiger partial charge in [0, 0.05) is 11.1 Å². The highest BCUT2D eigenvalue weighted by Crippen LogP contribution is 2.33. The zero-order chi connectivity index (χ0) is 21.4. The summed E-state index contributed by atoms with van der Waals surface area (Å²) in [4.78, 5) is 23.4. The van der Waals surface area contributed by atoms with Crippen molar-refractivity contribution in [1.29, 1.82) is 0 Å². The van der Waals surface area contributed by atoms with Crippen molar-refractivity contribution in [3.8, 4) is 11.5 Å². The van der Waals surface area contributed by atoms with E-state index in [9.17, 15) is 18.0 Å². The maximum Gasteiger partial charge on any atom is 0.381 e. The number of halogens is 2. The molecule has 0 aliphatic rings. The molecule has 1 atom stereocenters. The lowest BCUT2D eigenvalue weighted by atomic mass is 10.3. The summed E-state index contributed by atoms with van der Waals surface area (Å²) in [6.45, 7) is 1.32. The van der Waals surface area contributed by atoms with Gasteiger partial charge >= 0.3 is 17.4 Å². The molecule has 0 bridgehead atoms. The van der Waals surface area contributed by atoms with E-state index < -0.39 is 33.8 Å². The van der Waals surface area contributed by atoms with Crippen molar-refractivity contribution in [1.82, 2.24) is 0 Å². The summed E-state index contributed by atoms with van der Waals surface area (Å²) in [5, 5.41) is 0.165. The maximum atomic E-state index is 12.9. The van der Waals surface area contributed by atoms with Crippen LogP contribution in [0, 0.1) is 0 Å². The smallest absolute Gasteiger partial charge is 0.381 e. The summed E-state index contributed by atoms with van der Waals surface area (Å²) >= 11 is 11.0. The summed E-state index contributed by atoms with van der Waals surface area (Å²) in [7, 11) is -4.35. The second-order valence-electron chi connectivity index (χ2n) is 5.39. The molecule has 156 valence electrons. The Morgan fingerprint density at radius 2 is 1.76 bits per heavy atom. The van der Waals surface area contributed by atoms with Gasteiger partial charge in [0.15, 0.2) is 18.1 Å². The van der Waals surface area contributed by atoms with Gasteiger partial charge in [0.25, 0.3) is 0 Å². The van der Waals surface area contributed by atoms with Gasteiger partial charge in [-0.2, -0.15) is 0 Å². The zero-order valence-corrected chi connectivity index (χ0v) is 17.4. The molecule has 2 rings (SSSR count). The van der Waals surface area contributed by atoms with Gasteiger partial charge in [0.2, 0.25) is 9.84 Å². The van der Waals surface area contributed by atoms with Crippen LogP contribution in [0.1, 0.15) is 6.92 Å². The Bertz CT molecular complexity index is 963. The van der Waals surface area contributed by atoms with E-state index in [-0.39, 0.29) is 28.0 Å². The fourth-order valence-corrected chi connectivity index (χ4v) is 3.77. The van der Waals surface area contributed by atoms with Crippen LogP contribution in [-0.2, 0) is 28.5 Å². The molecule has 8 nitrogen and oxygen atoms in total. The van der Waals surface area contributed by atoms with Crippen LogP contribution in [0.15, 0.2) is 53.4 Å². The average Bonchev–Trinajstić information content (AvgIpc) is 2.71. The molecule has 0 aliphatic heterocycles. The minimum atomic E-state index is -4.35.